The number of benzene rings is 1. The number of hydrogen-bond donors (Lipinski definition) is 3. The molecule has 0 heterocycles. The Bertz CT molecular complexity index is 512. The summed E-state index contributed by atoms with van der Waals surface area (Å²) in [5.74, 6) is -1.44. The van der Waals surface area contributed by atoms with Gasteiger partial charge in [0.15, 0.2) is 0 Å². The molecule has 0 aliphatic rings. The Labute approximate surface area is 135 Å². The molecule has 5 nitrogen and oxygen atoms in total. The maximum atomic E-state index is 13.9. The number of carbonyl (C=O) groups is 1. The lowest BCUT2D eigenvalue weighted by atomic mass is 9.95. The van der Waals surface area contributed by atoms with E-state index < -0.39 is 29.8 Å². The van der Waals surface area contributed by atoms with Gasteiger partial charge in [-0.1, -0.05) is 19.9 Å². The molecule has 3 N–H and O–H groups in total. The van der Waals surface area contributed by atoms with Crippen LogP contribution in [-0.4, -0.2) is 37.5 Å². The summed E-state index contributed by atoms with van der Waals surface area (Å²) in [6.07, 6.45) is -0.311. The van der Waals surface area contributed by atoms with Crippen molar-refractivity contribution in [1.82, 2.24) is 10.6 Å². The summed E-state index contributed by atoms with van der Waals surface area (Å²) in [5, 5.41) is 14.8. The molecule has 0 bridgehead atoms. The van der Waals surface area contributed by atoms with Gasteiger partial charge in [0.2, 0.25) is 0 Å². The second-order valence-corrected chi connectivity index (χ2v) is 5.69. The number of amides is 2. The Morgan fingerprint density at radius 3 is 2.61 bits per heavy atom. The van der Waals surface area contributed by atoms with Crippen LogP contribution < -0.4 is 10.6 Å². The average Bonchev–Trinajstić information content (AvgIpc) is 2.45. The van der Waals surface area contributed by atoms with Gasteiger partial charge in [0, 0.05) is 25.3 Å². The Hall–Kier alpha value is -1.73. The second-order valence-electron chi connectivity index (χ2n) is 5.69. The van der Waals surface area contributed by atoms with Crippen LogP contribution in [-0.2, 0) is 4.74 Å². The molecule has 1 aromatic carbocycles. The van der Waals surface area contributed by atoms with Crippen LogP contribution in [0.15, 0.2) is 18.2 Å². The van der Waals surface area contributed by atoms with Crippen LogP contribution in [0, 0.1) is 17.6 Å². The lowest BCUT2D eigenvalue weighted by Gasteiger charge is -2.23. The minimum atomic E-state index is -0.695. The first kappa shape index (κ1) is 19.3. The number of hydrogen-bond acceptors (Lipinski definition) is 3. The zero-order valence-electron chi connectivity index (χ0n) is 13.6. The standard InChI is InChI=1S/C16H24F2N2O3/c1-10(2)15(13-5-4-11(17)8-14(13)18)20-16(22)19-7-6-12(21)9-23-3/h4-5,8,10,12,15,21H,6-7,9H2,1-3H3,(H2,19,20,22). The molecule has 0 aromatic heterocycles. The number of ether oxygens (including phenoxy) is 1. The Morgan fingerprint density at radius 1 is 1.35 bits per heavy atom. The molecule has 2 amide bonds. The normalized spacial score (nSPS) is 13.7. The molecule has 0 spiro atoms. The predicted octanol–water partition coefficient (Wildman–Crippen LogP) is 2.36. The first-order valence-corrected chi connectivity index (χ1v) is 7.51. The van der Waals surface area contributed by atoms with Gasteiger partial charge in [-0.25, -0.2) is 13.6 Å². The molecule has 130 valence electrons. The van der Waals surface area contributed by atoms with E-state index >= 15 is 0 Å². The molecule has 7 heteroatoms. The van der Waals surface area contributed by atoms with E-state index in [1.165, 1.54) is 13.2 Å². The van der Waals surface area contributed by atoms with E-state index in [1.54, 1.807) is 0 Å². The molecule has 1 rings (SSSR count). The van der Waals surface area contributed by atoms with Gasteiger partial charge >= 0.3 is 6.03 Å². The SMILES string of the molecule is COCC(O)CCNC(=O)NC(c1ccc(F)cc1F)C(C)C. The van der Waals surface area contributed by atoms with Crippen molar-refractivity contribution in [2.24, 2.45) is 5.92 Å². The number of aliphatic hydroxyl groups excluding tert-OH is 1. The molecule has 2 unspecified atom stereocenters. The van der Waals surface area contributed by atoms with Crippen molar-refractivity contribution in [1.29, 1.82) is 0 Å². The summed E-state index contributed by atoms with van der Waals surface area (Å²) in [5.41, 5.74) is 0.232. The van der Waals surface area contributed by atoms with Crippen LogP contribution in [0.1, 0.15) is 31.9 Å². The van der Waals surface area contributed by atoms with Crippen molar-refractivity contribution in [3.8, 4) is 0 Å². The number of rotatable bonds is 8. The maximum Gasteiger partial charge on any atom is 0.315 e. The number of urea groups is 1. The van der Waals surface area contributed by atoms with Gasteiger partial charge in [-0.15, -0.1) is 0 Å². The van der Waals surface area contributed by atoms with Crippen molar-refractivity contribution >= 4 is 6.03 Å². The fraction of sp³-hybridized carbons (Fsp3) is 0.562. The van der Waals surface area contributed by atoms with Gasteiger partial charge in [0.1, 0.15) is 11.6 Å². The van der Waals surface area contributed by atoms with Crippen LogP contribution >= 0.6 is 0 Å². The third-order valence-corrected chi connectivity index (χ3v) is 3.37. The molecule has 0 saturated heterocycles. The smallest absolute Gasteiger partial charge is 0.315 e. The molecule has 0 aliphatic carbocycles. The molecule has 1 aromatic rings. The summed E-state index contributed by atoms with van der Waals surface area (Å²) in [7, 11) is 1.48. The van der Waals surface area contributed by atoms with E-state index in [2.05, 4.69) is 10.6 Å². The van der Waals surface area contributed by atoms with Gasteiger partial charge in [0.25, 0.3) is 0 Å². The first-order valence-electron chi connectivity index (χ1n) is 7.51. The number of carbonyl (C=O) groups excluding carboxylic acids is 1. The lowest BCUT2D eigenvalue weighted by Crippen LogP contribution is -2.41. The van der Waals surface area contributed by atoms with Crippen molar-refractivity contribution in [3.05, 3.63) is 35.4 Å². The number of aliphatic hydroxyl groups is 1. The molecule has 2 atom stereocenters. The van der Waals surface area contributed by atoms with Crippen LogP contribution in [0.2, 0.25) is 0 Å². The van der Waals surface area contributed by atoms with E-state index in [4.69, 9.17) is 4.74 Å². The van der Waals surface area contributed by atoms with Crippen LogP contribution in [0.3, 0.4) is 0 Å². The molecule has 23 heavy (non-hydrogen) atoms. The quantitative estimate of drug-likeness (QED) is 0.685. The van der Waals surface area contributed by atoms with E-state index in [1.807, 2.05) is 13.8 Å². The lowest BCUT2D eigenvalue weighted by molar-refractivity contribution is 0.0598. The third kappa shape index (κ3) is 6.50. The van der Waals surface area contributed by atoms with Crippen LogP contribution in [0.25, 0.3) is 0 Å². The molecule has 0 radical (unpaired) electrons. The molecule has 0 saturated carbocycles. The Kier molecular flexibility index (Phi) is 7.91. The van der Waals surface area contributed by atoms with E-state index in [-0.39, 0.29) is 24.6 Å². The van der Waals surface area contributed by atoms with Gasteiger partial charge in [0.05, 0.1) is 18.8 Å². The fourth-order valence-corrected chi connectivity index (χ4v) is 2.18. The number of halogens is 2. The molecule has 0 aliphatic heterocycles. The van der Waals surface area contributed by atoms with Gasteiger partial charge < -0.3 is 20.5 Å². The number of methoxy groups -OCH3 is 1. The predicted molar refractivity (Wildman–Crippen MR) is 83.0 cm³/mol. The Morgan fingerprint density at radius 2 is 2.04 bits per heavy atom. The van der Waals surface area contributed by atoms with Crippen LogP contribution in [0.5, 0.6) is 0 Å². The highest BCUT2D eigenvalue weighted by atomic mass is 19.1. The summed E-state index contributed by atoms with van der Waals surface area (Å²) in [6.45, 7) is 4.11. The summed E-state index contributed by atoms with van der Waals surface area (Å²) in [6, 6.07) is 2.23. The van der Waals surface area contributed by atoms with Crippen molar-refractivity contribution in [2.45, 2.75) is 32.4 Å². The molecule has 0 fully saturated rings. The van der Waals surface area contributed by atoms with Crippen molar-refractivity contribution in [2.75, 3.05) is 20.3 Å². The summed E-state index contributed by atoms with van der Waals surface area (Å²) < 4.78 is 31.7. The summed E-state index contributed by atoms with van der Waals surface area (Å²) in [4.78, 5) is 11.9. The highest BCUT2D eigenvalue weighted by molar-refractivity contribution is 5.74. The second kappa shape index (κ2) is 9.42. The van der Waals surface area contributed by atoms with Gasteiger partial charge in [-0.05, 0) is 18.4 Å². The minimum absolute atomic E-state index is 0.0835. The highest BCUT2D eigenvalue weighted by Gasteiger charge is 2.21. The molecular formula is C16H24F2N2O3. The van der Waals surface area contributed by atoms with E-state index in [0.717, 1.165) is 12.1 Å². The van der Waals surface area contributed by atoms with E-state index in [9.17, 15) is 18.7 Å². The fourth-order valence-electron chi connectivity index (χ4n) is 2.18. The van der Waals surface area contributed by atoms with Crippen molar-refractivity contribution in [3.63, 3.8) is 0 Å². The summed E-state index contributed by atoms with van der Waals surface area (Å²) >= 11 is 0. The van der Waals surface area contributed by atoms with E-state index in [0.29, 0.717) is 6.42 Å². The van der Waals surface area contributed by atoms with Crippen molar-refractivity contribution < 1.29 is 23.4 Å². The zero-order valence-corrected chi connectivity index (χ0v) is 13.6. The zero-order chi connectivity index (χ0) is 17.4. The van der Waals surface area contributed by atoms with Crippen LogP contribution in [0.4, 0.5) is 13.6 Å². The van der Waals surface area contributed by atoms with Gasteiger partial charge in [-0.2, -0.15) is 0 Å². The third-order valence-electron chi connectivity index (χ3n) is 3.37. The average molecular weight is 330 g/mol. The van der Waals surface area contributed by atoms with Gasteiger partial charge in [-0.3, -0.25) is 0 Å². The largest absolute Gasteiger partial charge is 0.391 e. The maximum absolute atomic E-state index is 13.9. The monoisotopic (exact) mass is 330 g/mol. The Balaban J connectivity index is 2.60. The highest BCUT2D eigenvalue weighted by Crippen LogP contribution is 2.24. The molecular weight excluding hydrogens is 306 g/mol. The first-order chi connectivity index (χ1) is 10.8. The topological polar surface area (TPSA) is 70.6 Å². The minimum Gasteiger partial charge on any atom is -0.391 e. The number of nitrogens with one attached hydrogen (secondary N) is 2.